The SMILES string of the molecule is CCc1ccccc1NC(=O)[C@@H]1CCCN(c2nc(-c3ccc(OC)cc3)no2)C1. The molecule has 1 atom stereocenters. The van der Waals surface area contributed by atoms with Gasteiger partial charge in [-0.15, -0.1) is 0 Å². The number of rotatable bonds is 6. The summed E-state index contributed by atoms with van der Waals surface area (Å²) in [7, 11) is 1.63. The molecule has 7 heteroatoms. The van der Waals surface area contributed by atoms with Crippen molar-refractivity contribution in [3.8, 4) is 17.1 Å². The third kappa shape index (κ3) is 4.30. The van der Waals surface area contributed by atoms with Crippen LogP contribution >= 0.6 is 0 Å². The molecule has 1 amide bonds. The van der Waals surface area contributed by atoms with Gasteiger partial charge in [0.2, 0.25) is 11.7 Å². The summed E-state index contributed by atoms with van der Waals surface area (Å²) in [5.74, 6) is 1.21. The summed E-state index contributed by atoms with van der Waals surface area (Å²) < 4.78 is 10.7. The highest BCUT2D eigenvalue weighted by molar-refractivity contribution is 5.93. The van der Waals surface area contributed by atoms with Crippen LogP contribution in [-0.4, -0.2) is 36.2 Å². The number of nitrogens with zero attached hydrogens (tertiary/aromatic N) is 3. The molecule has 1 saturated heterocycles. The summed E-state index contributed by atoms with van der Waals surface area (Å²) in [4.78, 5) is 19.4. The van der Waals surface area contributed by atoms with Gasteiger partial charge in [-0.2, -0.15) is 4.98 Å². The monoisotopic (exact) mass is 406 g/mol. The van der Waals surface area contributed by atoms with Crippen LogP contribution in [-0.2, 0) is 11.2 Å². The van der Waals surface area contributed by atoms with Gasteiger partial charge < -0.3 is 19.5 Å². The van der Waals surface area contributed by atoms with Crippen LogP contribution in [0.5, 0.6) is 5.75 Å². The Hall–Kier alpha value is -3.35. The van der Waals surface area contributed by atoms with Crippen LogP contribution < -0.4 is 15.0 Å². The van der Waals surface area contributed by atoms with Gasteiger partial charge in [-0.1, -0.05) is 30.3 Å². The molecular weight excluding hydrogens is 380 g/mol. The zero-order valence-electron chi connectivity index (χ0n) is 17.3. The predicted molar refractivity (Wildman–Crippen MR) is 116 cm³/mol. The van der Waals surface area contributed by atoms with Gasteiger partial charge >= 0.3 is 6.01 Å². The van der Waals surface area contributed by atoms with Crippen LogP contribution in [0, 0.1) is 5.92 Å². The molecule has 1 aromatic heterocycles. The van der Waals surface area contributed by atoms with Crippen LogP contribution in [0.4, 0.5) is 11.7 Å². The molecule has 1 aliphatic heterocycles. The third-order valence-electron chi connectivity index (χ3n) is 5.48. The summed E-state index contributed by atoms with van der Waals surface area (Å²) in [6, 6.07) is 15.9. The second kappa shape index (κ2) is 8.98. The van der Waals surface area contributed by atoms with E-state index in [1.54, 1.807) is 7.11 Å². The summed E-state index contributed by atoms with van der Waals surface area (Å²) in [6.07, 6.45) is 2.62. The zero-order chi connectivity index (χ0) is 20.9. The van der Waals surface area contributed by atoms with Gasteiger partial charge in [-0.25, -0.2) is 0 Å². The Balaban J connectivity index is 1.43. The molecule has 4 rings (SSSR count). The molecule has 30 heavy (non-hydrogen) atoms. The smallest absolute Gasteiger partial charge is 0.324 e. The van der Waals surface area contributed by atoms with Crippen LogP contribution in [0.1, 0.15) is 25.3 Å². The number of piperidine rings is 1. The van der Waals surface area contributed by atoms with Gasteiger partial charge in [0.25, 0.3) is 0 Å². The molecule has 0 unspecified atom stereocenters. The van der Waals surface area contributed by atoms with E-state index in [1.807, 2.05) is 53.4 Å². The highest BCUT2D eigenvalue weighted by Gasteiger charge is 2.29. The standard InChI is InChI=1S/C23H26N4O3/c1-3-16-7-4-5-9-20(16)24-22(28)18-8-6-14-27(15-18)23-25-21(26-30-23)17-10-12-19(29-2)13-11-17/h4-5,7,9-13,18H,3,6,8,14-15H2,1-2H3,(H,24,28)/t18-/m1/s1. The van der Waals surface area contributed by atoms with Crippen LogP contribution in [0.25, 0.3) is 11.4 Å². The lowest BCUT2D eigenvalue weighted by Crippen LogP contribution is -2.41. The minimum atomic E-state index is -0.125. The van der Waals surface area contributed by atoms with E-state index in [2.05, 4.69) is 22.4 Å². The van der Waals surface area contributed by atoms with Crippen molar-refractivity contribution >= 4 is 17.6 Å². The van der Waals surface area contributed by atoms with Crippen molar-refractivity contribution in [2.24, 2.45) is 5.92 Å². The van der Waals surface area contributed by atoms with E-state index in [4.69, 9.17) is 9.26 Å². The first-order valence-electron chi connectivity index (χ1n) is 10.3. The van der Waals surface area contributed by atoms with Crippen molar-refractivity contribution in [1.29, 1.82) is 0 Å². The summed E-state index contributed by atoms with van der Waals surface area (Å²) in [6.45, 7) is 3.44. The second-order valence-electron chi connectivity index (χ2n) is 7.41. The number of aromatic nitrogens is 2. The average molecular weight is 406 g/mol. The molecule has 0 aliphatic carbocycles. The van der Waals surface area contributed by atoms with E-state index >= 15 is 0 Å². The van der Waals surface area contributed by atoms with E-state index in [-0.39, 0.29) is 11.8 Å². The lowest BCUT2D eigenvalue weighted by Gasteiger charge is -2.30. The van der Waals surface area contributed by atoms with Crippen molar-refractivity contribution in [3.63, 3.8) is 0 Å². The number of carbonyl (C=O) groups is 1. The average Bonchev–Trinajstić information content (AvgIpc) is 3.30. The second-order valence-corrected chi connectivity index (χ2v) is 7.41. The Labute approximate surface area is 176 Å². The first-order chi connectivity index (χ1) is 14.7. The molecule has 3 aromatic rings. The number of benzene rings is 2. The quantitative estimate of drug-likeness (QED) is 0.662. The number of hydrogen-bond acceptors (Lipinski definition) is 6. The van der Waals surface area contributed by atoms with Gasteiger partial charge in [-0.05, 0) is 55.2 Å². The maximum atomic E-state index is 12.9. The molecule has 7 nitrogen and oxygen atoms in total. The molecule has 1 aliphatic rings. The predicted octanol–water partition coefficient (Wildman–Crippen LogP) is 4.16. The third-order valence-corrected chi connectivity index (χ3v) is 5.48. The first-order valence-corrected chi connectivity index (χ1v) is 10.3. The fraction of sp³-hybridized carbons (Fsp3) is 0.348. The number of ether oxygens (including phenoxy) is 1. The van der Waals surface area contributed by atoms with Crippen LogP contribution in [0.3, 0.4) is 0 Å². The Morgan fingerprint density at radius 3 is 2.80 bits per heavy atom. The van der Waals surface area contributed by atoms with Crippen LogP contribution in [0.15, 0.2) is 53.1 Å². The summed E-state index contributed by atoms with van der Waals surface area (Å²) >= 11 is 0. The Bertz CT molecular complexity index is 1000. The molecule has 2 aromatic carbocycles. The summed E-state index contributed by atoms with van der Waals surface area (Å²) in [5, 5.41) is 7.21. The van der Waals surface area contributed by atoms with Gasteiger partial charge in [0.15, 0.2) is 0 Å². The van der Waals surface area contributed by atoms with E-state index in [0.717, 1.165) is 48.4 Å². The number of aryl methyl sites for hydroxylation is 1. The van der Waals surface area contributed by atoms with Crippen molar-refractivity contribution in [2.45, 2.75) is 26.2 Å². The van der Waals surface area contributed by atoms with Gasteiger partial charge in [0, 0.05) is 24.3 Å². The first kappa shape index (κ1) is 19.9. The molecular formula is C23H26N4O3. The van der Waals surface area contributed by atoms with Crippen molar-refractivity contribution in [1.82, 2.24) is 10.1 Å². The van der Waals surface area contributed by atoms with E-state index in [0.29, 0.717) is 18.4 Å². The Morgan fingerprint density at radius 1 is 1.23 bits per heavy atom. The number of hydrogen-bond donors (Lipinski definition) is 1. The maximum absolute atomic E-state index is 12.9. The number of carbonyl (C=O) groups excluding carboxylic acids is 1. The number of methoxy groups -OCH3 is 1. The molecule has 1 N–H and O–H groups in total. The largest absolute Gasteiger partial charge is 0.497 e. The fourth-order valence-corrected chi connectivity index (χ4v) is 3.75. The Kier molecular flexibility index (Phi) is 5.97. The van der Waals surface area contributed by atoms with Gasteiger partial charge in [0.05, 0.1) is 13.0 Å². The van der Waals surface area contributed by atoms with E-state index in [1.165, 1.54) is 0 Å². The molecule has 2 heterocycles. The normalized spacial score (nSPS) is 16.3. The number of para-hydroxylation sites is 1. The van der Waals surface area contributed by atoms with Crippen molar-refractivity contribution in [3.05, 3.63) is 54.1 Å². The van der Waals surface area contributed by atoms with E-state index < -0.39 is 0 Å². The fourth-order valence-electron chi connectivity index (χ4n) is 3.75. The minimum Gasteiger partial charge on any atom is -0.497 e. The number of amides is 1. The van der Waals surface area contributed by atoms with Crippen molar-refractivity contribution < 1.29 is 14.1 Å². The lowest BCUT2D eigenvalue weighted by atomic mass is 9.97. The topological polar surface area (TPSA) is 80.5 Å². The lowest BCUT2D eigenvalue weighted by molar-refractivity contribution is -0.120. The van der Waals surface area contributed by atoms with Crippen molar-refractivity contribution in [2.75, 3.05) is 30.4 Å². The van der Waals surface area contributed by atoms with E-state index in [9.17, 15) is 4.79 Å². The molecule has 0 saturated carbocycles. The zero-order valence-corrected chi connectivity index (χ0v) is 17.3. The highest BCUT2D eigenvalue weighted by atomic mass is 16.5. The number of anilines is 2. The molecule has 156 valence electrons. The molecule has 0 radical (unpaired) electrons. The maximum Gasteiger partial charge on any atom is 0.324 e. The minimum absolute atomic E-state index is 0.0375. The number of nitrogens with one attached hydrogen (secondary N) is 1. The van der Waals surface area contributed by atoms with Crippen LogP contribution in [0.2, 0.25) is 0 Å². The molecule has 0 spiro atoms. The molecule has 0 bridgehead atoms. The summed E-state index contributed by atoms with van der Waals surface area (Å²) in [5.41, 5.74) is 2.88. The van der Waals surface area contributed by atoms with Gasteiger partial charge in [-0.3, -0.25) is 4.79 Å². The molecule has 1 fully saturated rings. The highest BCUT2D eigenvalue weighted by Crippen LogP contribution is 2.27. The Morgan fingerprint density at radius 2 is 2.03 bits per heavy atom. The van der Waals surface area contributed by atoms with Gasteiger partial charge in [0.1, 0.15) is 5.75 Å².